The summed E-state index contributed by atoms with van der Waals surface area (Å²) in [5.41, 5.74) is 7.81. The molecular weight excluding hydrogens is 250 g/mol. The number of rotatable bonds is 6. The van der Waals surface area contributed by atoms with Crippen LogP contribution in [0.1, 0.15) is 31.0 Å². The molecule has 0 aliphatic rings. The molecule has 18 heavy (non-hydrogen) atoms. The van der Waals surface area contributed by atoms with Gasteiger partial charge in [-0.25, -0.2) is 8.42 Å². The normalized spacial score (nSPS) is 13.3. The predicted octanol–water partition coefficient (Wildman–Crippen LogP) is 1.83. The van der Waals surface area contributed by atoms with Crippen molar-refractivity contribution in [3.05, 3.63) is 29.3 Å². The monoisotopic (exact) mass is 271 g/mol. The third-order valence-corrected chi connectivity index (χ3v) is 4.42. The summed E-state index contributed by atoms with van der Waals surface area (Å²) in [6.45, 7) is 5.63. The highest BCUT2D eigenvalue weighted by Gasteiger charge is 2.11. The molecule has 0 aliphatic heterocycles. The summed E-state index contributed by atoms with van der Waals surface area (Å²) < 4.78 is 28.3. The molecule has 0 bridgehead atoms. The van der Waals surface area contributed by atoms with Crippen molar-refractivity contribution < 1.29 is 13.2 Å². The molecule has 0 amide bonds. The van der Waals surface area contributed by atoms with Gasteiger partial charge in [0.25, 0.3) is 0 Å². The van der Waals surface area contributed by atoms with E-state index in [1.807, 2.05) is 32.0 Å². The highest BCUT2D eigenvalue weighted by molar-refractivity contribution is 7.91. The minimum atomic E-state index is -2.99. The van der Waals surface area contributed by atoms with E-state index >= 15 is 0 Å². The Labute approximate surface area is 109 Å². The zero-order chi connectivity index (χ0) is 13.8. The van der Waals surface area contributed by atoms with E-state index in [0.717, 1.165) is 11.1 Å². The van der Waals surface area contributed by atoms with Gasteiger partial charge in [-0.3, -0.25) is 0 Å². The highest BCUT2D eigenvalue weighted by Crippen LogP contribution is 2.25. The van der Waals surface area contributed by atoms with Crippen LogP contribution in [0.25, 0.3) is 0 Å². The summed E-state index contributed by atoms with van der Waals surface area (Å²) in [7, 11) is -2.99. The molecule has 0 spiro atoms. The van der Waals surface area contributed by atoms with Crippen molar-refractivity contribution in [1.29, 1.82) is 0 Å². The van der Waals surface area contributed by atoms with Gasteiger partial charge in [0.1, 0.15) is 12.4 Å². The summed E-state index contributed by atoms with van der Waals surface area (Å²) in [6.07, 6.45) is 0. The molecular formula is C13H21NO3S. The van der Waals surface area contributed by atoms with Crippen LogP contribution in [0, 0.1) is 6.92 Å². The van der Waals surface area contributed by atoms with Crippen molar-refractivity contribution in [2.45, 2.75) is 26.8 Å². The van der Waals surface area contributed by atoms with Gasteiger partial charge in [0.2, 0.25) is 0 Å². The van der Waals surface area contributed by atoms with E-state index in [0.29, 0.717) is 5.75 Å². The van der Waals surface area contributed by atoms with Crippen molar-refractivity contribution in [3.8, 4) is 5.75 Å². The number of aryl methyl sites for hydroxylation is 1. The standard InChI is InChI=1S/C13H21NO3S/c1-4-18(15,16)8-7-17-13-9-10(2)5-6-12(13)11(3)14/h5-6,9,11H,4,7-8,14H2,1-3H3/t11-/m1/s1. The Bertz CT molecular complexity index is 495. The van der Waals surface area contributed by atoms with Crippen LogP contribution in [-0.4, -0.2) is 26.5 Å². The lowest BCUT2D eigenvalue weighted by atomic mass is 10.1. The van der Waals surface area contributed by atoms with Crippen LogP contribution in [0.5, 0.6) is 5.75 Å². The lowest BCUT2D eigenvalue weighted by molar-refractivity contribution is 0.335. The molecule has 0 heterocycles. The van der Waals surface area contributed by atoms with Crippen molar-refractivity contribution in [2.24, 2.45) is 5.73 Å². The molecule has 0 aliphatic carbocycles. The van der Waals surface area contributed by atoms with Crippen LogP contribution in [0.4, 0.5) is 0 Å². The van der Waals surface area contributed by atoms with Crippen LogP contribution in [0.15, 0.2) is 18.2 Å². The second-order valence-corrected chi connectivity index (χ2v) is 6.89. The van der Waals surface area contributed by atoms with Crippen molar-refractivity contribution in [2.75, 3.05) is 18.1 Å². The van der Waals surface area contributed by atoms with Crippen LogP contribution in [0.3, 0.4) is 0 Å². The highest BCUT2D eigenvalue weighted by atomic mass is 32.2. The molecule has 0 saturated heterocycles. The summed E-state index contributed by atoms with van der Waals surface area (Å²) in [4.78, 5) is 0. The molecule has 0 radical (unpaired) electrons. The molecule has 102 valence electrons. The first kappa shape index (κ1) is 15.0. The number of hydrogen-bond acceptors (Lipinski definition) is 4. The maximum Gasteiger partial charge on any atom is 0.153 e. The fourth-order valence-electron chi connectivity index (χ4n) is 1.57. The topological polar surface area (TPSA) is 69.4 Å². The molecule has 0 saturated carbocycles. The molecule has 1 atom stereocenters. The summed E-state index contributed by atoms with van der Waals surface area (Å²) in [5, 5.41) is 0. The minimum Gasteiger partial charge on any atom is -0.492 e. The van der Waals surface area contributed by atoms with Gasteiger partial charge >= 0.3 is 0 Å². The Kier molecular flexibility index (Phi) is 5.16. The largest absolute Gasteiger partial charge is 0.492 e. The van der Waals surface area contributed by atoms with E-state index in [-0.39, 0.29) is 24.2 Å². The second kappa shape index (κ2) is 6.20. The Morgan fingerprint density at radius 2 is 2.06 bits per heavy atom. The van der Waals surface area contributed by atoms with E-state index < -0.39 is 9.84 Å². The first-order valence-electron chi connectivity index (χ1n) is 6.05. The van der Waals surface area contributed by atoms with Gasteiger partial charge in [0.15, 0.2) is 9.84 Å². The first-order valence-corrected chi connectivity index (χ1v) is 7.87. The molecule has 1 aromatic carbocycles. The van der Waals surface area contributed by atoms with E-state index in [9.17, 15) is 8.42 Å². The minimum absolute atomic E-state index is 0.0375. The maximum atomic E-state index is 11.4. The second-order valence-electron chi connectivity index (χ2n) is 4.41. The fourth-order valence-corrected chi connectivity index (χ4v) is 2.19. The Hall–Kier alpha value is -1.07. The summed E-state index contributed by atoms with van der Waals surface area (Å²) in [6, 6.07) is 5.64. The predicted molar refractivity (Wildman–Crippen MR) is 73.6 cm³/mol. The van der Waals surface area contributed by atoms with Gasteiger partial charge < -0.3 is 10.5 Å². The zero-order valence-corrected chi connectivity index (χ0v) is 12.0. The first-order chi connectivity index (χ1) is 8.35. The van der Waals surface area contributed by atoms with Crippen LogP contribution < -0.4 is 10.5 Å². The average Bonchev–Trinajstić information content (AvgIpc) is 2.28. The van der Waals surface area contributed by atoms with Gasteiger partial charge in [-0.05, 0) is 25.5 Å². The van der Waals surface area contributed by atoms with Crippen LogP contribution in [0.2, 0.25) is 0 Å². The van der Waals surface area contributed by atoms with Gasteiger partial charge in [-0.2, -0.15) is 0 Å². The van der Waals surface area contributed by atoms with Gasteiger partial charge in [-0.15, -0.1) is 0 Å². The van der Waals surface area contributed by atoms with Gasteiger partial charge in [0.05, 0.1) is 5.75 Å². The Balaban J connectivity index is 2.75. The Morgan fingerprint density at radius 1 is 1.39 bits per heavy atom. The van der Waals surface area contributed by atoms with Crippen molar-refractivity contribution in [3.63, 3.8) is 0 Å². The third-order valence-electron chi connectivity index (χ3n) is 2.75. The molecule has 0 fully saturated rings. The fraction of sp³-hybridized carbons (Fsp3) is 0.538. The van der Waals surface area contributed by atoms with Crippen molar-refractivity contribution in [1.82, 2.24) is 0 Å². The van der Waals surface area contributed by atoms with Crippen molar-refractivity contribution >= 4 is 9.84 Å². The van der Waals surface area contributed by atoms with E-state index in [4.69, 9.17) is 10.5 Å². The molecule has 4 nitrogen and oxygen atoms in total. The van der Waals surface area contributed by atoms with E-state index in [2.05, 4.69) is 0 Å². The lowest BCUT2D eigenvalue weighted by Crippen LogP contribution is -2.17. The third kappa shape index (κ3) is 4.31. The smallest absolute Gasteiger partial charge is 0.153 e. The number of ether oxygens (including phenoxy) is 1. The maximum absolute atomic E-state index is 11.4. The zero-order valence-electron chi connectivity index (χ0n) is 11.1. The Morgan fingerprint density at radius 3 is 2.61 bits per heavy atom. The van der Waals surface area contributed by atoms with Crippen LogP contribution >= 0.6 is 0 Å². The molecule has 2 N–H and O–H groups in total. The number of hydrogen-bond donors (Lipinski definition) is 1. The summed E-state index contributed by atoms with van der Waals surface area (Å²) in [5.74, 6) is 0.858. The molecule has 0 unspecified atom stereocenters. The lowest BCUT2D eigenvalue weighted by Gasteiger charge is -2.14. The molecule has 1 rings (SSSR count). The molecule has 0 aromatic heterocycles. The van der Waals surface area contributed by atoms with Crippen LogP contribution in [-0.2, 0) is 9.84 Å². The van der Waals surface area contributed by atoms with E-state index in [1.165, 1.54) is 0 Å². The van der Waals surface area contributed by atoms with E-state index in [1.54, 1.807) is 6.92 Å². The molecule has 1 aromatic rings. The SMILES string of the molecule is CCS(=O)(=O)CCOc1cc(C)ccc1[C@@H](C)N. The number of benzene rings is 1. The number of sulfone groups is 1. The van der Waals surface area contributed by atoms with Gasteiger partial charge in [-0.1, -0.05) is 19.1 Å². The molecule has 5 heteroatoms. The quantitative estimate of drug-likeness (QED) is 0.857. The number of nitrogens with two attached hydrogens (primary N) is 1. The van der Waals surface area contributed by atoms with Gasteiger partial charge in [0, 0.05) is 17.4 Å². The average molecular weight is 271 g/mol. The summed E-state index contributed by atoms with van der Waals surface area (Å²) >= 11 is 0.